The Kier molecular flexibility index (Phi) is 4.18. The molecule has 0 aliphatic carbocycles. The Morgan fingerprint density at radius 1 is 1.11 bits per heavy atom. The first-order valence-corrected chi connectivity index (χ1v) is 9.08. The smallest absolute Gasteiger partial charge is 0.278 e. The van der Waals surface area contributed by atoms with E-state index < -0.39 is 0 Å². The van der Waals surface area contributed by atoms with E-state index in [1.165, 1.54) is 12.1 Å². The lowest BCUT2D eigenvalue weighted by Gasteiger charge is -2.24. The van der Waals surface area contributed by atoms with Crippen LogP contribution >= 0.6 is 11.6 Å². The van der Waals surface area contributed by atoms with Crippen molar-refractivity contribution in [3.8, 4) is 23.0 Å². The molecule has 4 aromatic rings. The van der Waals surface area contributed by atoms with E-state index in [0.29, 0.717) is 41.1 Å². The van der Waals surface area contributed by atoms with Crippen molar-refractivity contribution in [2.45, 2.75) is 19.3 Å². The SMILES string of the molecule is Fc1ccc([C@H]2Cn3nc(-c4nc(-c5ccccc5Cl)no4)cc3CO2)cc1. The third-order valence-corrected chi connectivity index (χ3v) is 4.97. The number of hydrogen-bond acceptors (Lipinski definition) is 5. The van der Waals surface area contributed by atoms with Crippen LogP contribution in [0.25, 0.3) is 23.0 Å². The van der Waals surface area contributed by atoms with E-state index in [1.54, 1.807) is 18.2 Å². The second kappa shape index (κ2) is 6.85. The van der Waals surface area contributed by atoms with Crippen molar-refractivity contribution in [2.24, 2.45) is 0 Å². The number of rotatable bonds is 3. The summed E-state index contributed by atoms with van der Waals surface area (Å²) in [5.41, 5.74) is 3.08. The van der Waals surface area contributed by atoms with Crippen LogP contribution in [0.5, 0.6) is 0 Å². The minimum atomic E-state index is -0.271. The van der Waals surface area contributed by atoms with Crippen LogP contribution < -0.4 is 0 Å². The van der Waals surface area contributed by atoms with Crippen LogP contribution in [0.1, 0.15) is 17.4 Å². The predicted molar refractivity (Wildman–Crippen MR) is 99.9 cm³/mol. The molecule has 5 rings (SSSR count). The summed E-state index contributed by atoms with van der Waals surface area (Å²) >= 11 is 6.20. The quantitative estimate of drug-likeness (QED) is 0.503. The zero-order valence-electron chi connectivity index (χ0n) is 14.5. The summed E-state index contributed by atoms with van der Waals surface area (Å²) < 4.78 is 26.3. The lowest BCUT2D eigenvalue weighted by molar-refractivity contribution is -0.00116. The van der Waals surface area contributed by atoms with E-state index in [0.717, 1.165) is 11.3 Å². The summed E-state index contributed by atoms with van der Waals surface area (Å²) in [5, 5.41) is 9.14. The molecule has 0 amide bonds. The average Bonchev–Trinajstić information content (AvgIpc) is 3.35. The number of aromatic nitrogens is 4. The Balaban J connectivity index is 1.41. The molecule has 8 heteroatoms. The summed E-state index contributed by atoms with van der Waals surface area (Å²) in [5.74, 6) is 0.453. The van der Waals surface area contributed by atoms with Gasteiger partial charge in [0.05, 0.1) is 23.9 Å². The molecule has 0 unspecified atom stereocenters. The fraction of sp³-hybridized carbons (Fsp3) is 0.150. The van der Waals surface area contributed by atoms with Gasteiger partial charge in [0.2, 0.25) is 5.82 Å². The number of halogens is 2. The monoisotopic (exact) mass is 396 g/mol. The Hall–Kier alpha value is -3.03. The average molecular weight is 397 g/mol. The number of nitrogens with zero attached hydrogens (tertiary/aromatic N) is 4. The lowest BCUT2D eigenvalue weighted by atomic mass is 10.1. The fourth-order valence-electron chi connectivity index (χ4n) is 3.19. The van der Waals surface area contributed by atoms with E-state index in [4.69, 9.17) is 20.9 Å². The van der Waals surface area contributed by atoms with Crippen LogP contribution in [-0.2, 0) is 17.9 Å². The molecule has 0 fully saturated rings. The van der Waals surface area contributed by atoms with Gasteiger partial charge in [-0.15, -0.1) is 0 Å². The highest BCUT2D eigenvalue weighted by Gasteiger charge is 2.24. The maximum absolute atomic E-state index is 13.1. The zero-order valence-corrected chi connectivity index (χ0v) is 15.3. The van der Waals surface area contributed by atoms with Gasteiger partial charge in [-0.3, -0.25) is 4.68 Å². The normalized spacial score (nSPS) is 16.1. The van der Waals surface area contributed by atoms with E-state index >= 15 is 0 Å². The van der Waals surface area contributed by atoms with E-state index in [-0.39, 0.29) is 11.9 Å². The molecule has 140 valence electrons. The molecular formula is C20H14ClFN4O2. The molecule has 2 aromatic carbocycles. The highest BCUT2D eigenvalue weighted by molar-refractivity contribution is 6.33. The van der Waals surface area contributed by atoms with Crippen LogP contribution in [-0.4, -0.2) is 19.9 Å². The van der Waals surface area contributed by atoms with Gasteiger partial charge in [0.15, 0.2) is 5.69 Å². The topological polar surface area (TPSA) is 66.0 Å². The second-order valence-electron chi connectivity index (χ2n) is 6.46. The van der Waals surface area contributed by atoms with Crippen LogP contribution in [0.3, 0.4) is 0 Å². The Bertz CT molecular complexity index is 1140. The number of fused-ring (bicyclic) bond motifs is 1. The maximum atomic E-state index is 13.1. The van der Waals surface area contributed by atoms with Crippen molar-refractivity contribution in [1.29, 1.82) is 0 Å². The molecular weight excluding hydrogens is 383 g/mol. The van der Waals surface area contributed by atoms with Gasteiger partial charge in [-0.05, 0) is 35.9 Å². The summed E-state index contributed by atoms with van der Waals surface area (Å²) in [6, 6.07) is 15.5. The van der Waals surface area contributed by atoms with Crippen molar-refractivity contribution < 1.29 is 13.7 Å². The second-order valence-corrected chi connectivity index (χ2v) is 6.86. The summed E-state index contributed by atoms with van der Waals surface area (Å²) in [7, 11) is 0. The van der Waals surface area contributed by atoms with Gasteiger partial charge in [0, 0.05) is 5.56 Å². The van der Waals surface area contributed by atoms with Gasteiger partial charge in [-0.2, -0.15) is 10.1 Å². The molecule has 0 saturated carbocycles. The summed E-state index contributed by atoms with van der Waals surface area (Å²) in [4.78, 5) is 4.42. The van der Waals surface area contributed by atoms with Gasteiger partial charge in [0.1, 0.15) is 11.9 Å². The first kappa shape index (κ1) is 17.1. The lowest BCUT2D eigenvalue weighted by Crippen LogP contribution is -2.21. The van der Waals surface area contributed by atoms with Gasteiger partial charge in [-0.25, -0.2) is 4.39 Å². The van der Waals surface area contributed by atoms with Gasteiger partial charge in [0.25, 0.3) is 5.89 Å². The summed E-state index contributed by atoms with van der Waals surface area (Å²) in [6.45, 7) is 0.910. The largest absolute Gasteiger partial charge is 0.365 e. The molecule has 28 heavy (non-hydrogen) atoms. The van der Waals surface area contributed by atoms with Gasteiger partial charge < -0.3 is 9.26 Å². The summed E-state index contributed by atoms with van der Waals surface area (Å²) in [6.07, 6.45) is -0.192. The standard InChI is InChI=1S/C20H14ClFN4O2/c21-16-4-2-1-3-15(16)19-23-20(28-25-19)17-9-14-11-27-18(10-26(14)24-17)12-5-7-13(22)8-6-12/h1-9,18H,10-11H2/t18-/m1/s1. The first-order chi connectivity index (χ1) is 13.7. The Morgan fingerprint density at radius 2 is 1.93 bits per heavy atom. The molecule has 0 saturated heterocycles. The molecule has 0 N–H and O–H groups in total. The molecule has 6 nitrogen and oxygen atoms in total. The third-order valence-electron chi connectivity index (χ3n) is 4.64. The molecule has 1 atom stereocenters. The van der Waals surface area contributed by atoms with E-state index in [2.05, 4.69) is 15.2 Å². The number of benzene rings is 2. The van der Waals surface area contributed by atoms with Crippen LogP contribution in [0.15, 0.2) is 59.1 Å². The molecule has 2 aromatic heterocycles. The van der Waals surface area contributed by atoms with Crippen molar-refractivity contribution in [3.05, 3.63) is 76.7 Å². The molecule has 3 heterocycles. The predicted octanol–water partition coefficient (Wildman–Crippen LogP) is 4.66. The Labute approximate surface area is 164 Å². The van der Waals surface area contributed by atoms with Crippen molar-refractivity contribution in [3.63, 3.8) is 0 Å². The highest BCUT2D eigenvalue weighted by Crippen LogP contribution is 2.30. The molecule has 1 aliphatic rings. The van der Waals surface area contributed by atoms with Gasteiger partial charge >= 0.3 is 0 Å². The van der Waals surface area contributed by atoms with Crippen LogP contribution in [0, 0.1) is 5.82 Å². The van der Waals surface area contributed by atoms with Gasteiger partial charge in [-0.1, -0.05) is 41.0 Å². The third kappa shape index (κ3) is 3.08. The van der Waals surface area contributed by atoms with Crippen LogP contribution in [0.2, 0.25) is 5.02 Å². The van der Waals surface area contributed by atoms with E-state index in [1.807, 2.05) is 28.9 Å². The fourth-order valence-corrected chi connectivity index (χ4v) is 3.41. The minimum Gasteiger partial charge on any atom is -0.365 e. The molecule has 0 spiro atoms. The maximum Gasteiger partial charge on any atom is 0.278 e. The van der Waals surface area contributed by atoms with Crippen LogP contribution in [0.4, 0.5) is 4.39 Å². The first-order valence-electron chi connectivity index (χ1n) is 8.70. The van der Waals surface area contributed by atoms with Crippen molar-refractivity contribution >= 4 is 11.6 Å². The number of ether oxygens (including phenoxy) is 1. The zero-order chi connectivity index (χ0) is 19.1. The number of hydrogen-bond donors (Lipinski definition) is 0. The van der Waals surface area contributed by atoms with E-state index in [9.17, 15) is 4.39 Å². The van der Waals surface area contributed by atoms with Crippen molar-refractivity contribution in [2.75, 3.05) is 0 Å². The molecule has 0 bridgehead atoms. The van der Waals surface area contributed by atoms with Crippen molar-refractivity contribution in [1.82, 2.24) is 19.9 Å². The molecule has 1 aliphatic heterocycles. The minimum absolute atomic E-state index is 0.192. The highest BCUT2D eigenvalue weighted by atomic mass is 35.5. The Morgan fingerprint density at radius 3 is 2.75 bits per heavy atom. The molecule has 0 radical (unpaired) electrons.